The Morgan fingerprint density at radius 3 is 2.68 bits per heavy atom. The van der Waals surface area contributed by atoms with Crippen LogP contribution in [-0.4, -0.2) is 36.7 Å². The molecule has 8 heteroatoms. The van der Waals surface area contributed by atoms with Crippen LogP contribution in [0.1, 0.15) is 40.4 Å². The van der Waals surface area contributed by atoms with Gasteiger partial charge in [0.25, 0.3) is 5.91 Å². The second-order valence-corrected chi connectivity index (χ2v) is 8.89. The molecule has 0 radical (unpaired) electrons. The number of benzene rings is 1. The zero-order chi connectivity index (χ0) is 19.9. The van der Waals surface area contributed by atoms with Crippen LogP contribution in [0.25, 0.3) is 5.52 Å². The number of carbonyl (C=O) groups is 1. The maximum atomic E-state index is 12.4. The standard InChI is InChI=1S/C20H22N4O3S/c1-14-17(23-11-6-9-18(23)15-7-4-3-5-8-15)10-12-24-19(14)16(13-21-24)20(25)22-28(2,26)27/h3-5,7-8,10,12-13,18H,6,9,11H2,1-2H3,(H,22,25). The molecular formula is C20H22N4O3S. The van der Waals surface area contributed by atoms with Crippen LogP contribution in [0, 0.1) is 6.92 Å². The zero-order valence-corrected chi connectivity index (χ0v) is 16.6. The lowest BCUT2D eigenvalue weighted by atomic mass is 10.0. The molecule has 1 aromatic carbocycles. The summed E-state index contributed by atoms with van der Waals surface area (Å²) in [4.78, 5) is 14.8. The molecule has 1 amide bonds. The average Bonchev–Trinajstić information content (AvgIpc) is 3.29. The van der Waals surface area contributed by atoms with E-state index in [4.69, 9.17) is 0 Å². The first-order valence-electron chi connectivity index (χ1n) is 9.16. The molecule has 0 spiro atoms. The van der Waals surface area contributed by atoms with Gasteiger partial charge in [0.2, 0.25) is 10.0 Å². The quantitative estimate of drug-likeness (QED) is 0.730. The molecule has 1 aliphatic rings. The number of aromatic nitrogens is 2. The Kier molecular flexibility index (Phi) is 4.58. The van der Waals surface area contributed by atoms with Gasteiger partial charge < -0.3 is 4.90 Å². The van der Waals surface area contributed by atoms with E-state index < -0.39 is 15.9 Å². The van der Waals surface area contributed by atoms with Crippen LogP contribution in [0.2, 0.25) is 0 Å². The van der Waals surface area contributed by atoms with Gasteiger partial charge in [-0.2, -0.15) is 5.10 Å². The Hall–Kier alpha value is -2.87. The van der Waals surface area contributed by atoms with Crippen molar-refractivity contribution in [2.24, 2.45) is 0 Å². The van der Waals surface area contributed by atoms with Crippen LogP contribution in [0.5, 0.6) is 0 Å². The number of pyridine rings is 1. The van der Waals surface area contributed by atoms with Crippen LogP contribution in [0.3, 0.4) is 0 Å². The fourth-order valence-electron chi connectivity index (χ4n) is 4.01. The number of hydrogen-bond donors (Lipinski definition) is 1. The van der Waals surface area contributed by atoms with E-state index >= 15 is 0 Å². The Morgan fingerprint density at radius 2 is 1.96 bits per heavy atom. The monoisotopic (exact) mass is 398 g/mol. The van der Waals surface area contributed by atoms with Gasteiger partial charge in [0, 0.05) is 18.4 Å². The largest absolute Gasteiger partial charge is 0.364 e. The molecule has 28 heavy (non-hydrogen) atoms. The third-order valence-corrected chi connectivity index (χ3v) is 5.73. The molecular weight excluding hydrogens is 376 g/mol. The average molecular weight is 398 g/mol. The van der Waals surface area contributed by atoms with Gasteiger partial charge in [-0.1, -0.05) is 30.3 Å². The molecule has 7 nitrogen and oxygen atoms in total. The summed E-state index contributed by atoms with van der Waals surface area (Å²) in [7, 11) is -3.65. The van der Waals surface area contributed by atoms with E-state index in [0.717, 1.165) is 36.9 Å². The summed E-state index contributed by atoms with van der Waals surface area (Å²) in [6, 6.07) is 12.7. The molecule has 0 bridgehead atoms. The maximum absolute atomic E-state index is 12.4. The topological polar surface area (TPSA) is 83.8 Å². The lowest BCUT2D eigenvalue weighted by Gasteiger charge is -2.29. The Bertz CT molecular complexity index is 1140. The smallest absolute Gasteiger partial charge is 0.268 e. The molecule has 1 N–H and O–H groups in total. The highest BCUT2D eigenvalue weighted by Crippen LogP contribution is 2.38. The van der Waals surface area contributed by atoms with E-state index in [9.17, 15) is 13.2 Å². The molecule has 1 fully saturated rings. The highest BCUT2D eigenvalue weighted by atomic mass is 32.2. The Labute approximate surface area is 164 Å². The molecule has 3 aromatic rings. The third-order valence-electron chi connectivity index (χ3n) is 5.18. The van der Waals surface area contributed by atoms with Gasteiger partial charge in [-0.25, -0.2) is 17.7 Å². The summed E-state index contributed by atoms with van der Waals surface area (Å²) in [6.45, 7) is 2.87. The van der Waals surface area contributed by atoms with Crippen LogP contribution in [-0.2, 0) is 10.0 Å². The van der Waals surface area contributed by atoms with Crippen molar-refractivity contribution >= 4 is 27.1 Å². The minimum Gasteiger partial charge on any atom is -0.364 e. The highest BCUT2D eigenvalue weighted by molar-refractivity contribution is 7.89. The number of fused-ring (bicyclic) bond motifs is 1. The Morgan fingerprint density at radius 1 is 1.21 bits per heavy atom. The number of amides is 1. The number of aryl methyl sites for hydroxylation is 1. The fourth-order valence-corrected chi connectivity index (χ4v) is 4.46. The number of rotatable bonds is 4. The summed E-state index contributed by atoms with van der Waals surface area (Å²) in [5, 5.41) is 4.22. The second-order valence-electron chi connectivity index (χ2n) is 7.14. The Balaban J connectivity index is 1.77. The molecule has 0 aliphatic carbocycles. The number of anilines is 1. The van der Waals surface area contributed by atoms with Crippen molar-refractivity contribution in [2.75, 3.05) is 17.7 Å². The minimum atomic E-state index is -3.65. The maximum Gasteiger partial charge on any atom is 0.268 e. The predicted molar refractivity (Wildman–Crippen MR) is 108 cm³/mol. The first kappa shape index (κ1) is 18.5. The van der Waals surface area contributed by atoms with Gasteiger partial charge >= 0.3 is 0 Å². The van der Waals surface area contributed by atoms with E-state index in [0.29, 0.717) is 5.52 Å². The van der Waals surface area contributed by atoms with Crippen molar-refractivity contribution in [3.63, 3.8) is 0 Å². The molecule has 2 aromatic heterocycles. The number of nitrogens with one attached hydrogen (secondary N) is 1. The number of carbonyl (C=O) groups excluding carboxylic acids is 1. The van der Waals surface area contributed by atoms with Crippen LogP contribution < -0.4 is 9.62 Å². The van der Waals surface area contributed by atoms with E-state index in [1.807, 2.05) is 42.1 Å². The lowest BCUT2D eigenvalue weighted by molar-refractivity contribution is 0.0983. The van der Waals surface area contributed by atoms with Crippen molar-refractivity contribution < 1.29 is 13.2 Å². The van der Waals surface area contributed by atoms with E-state index in [1.54, 1.807) is 4.52 Å². The normalized spacial score (nSPS) is 17.2. The van der Waals surface area contributed by atoms with Crippen LogP contribution in [0.15, 0.2) is 48.8 Å². The third kappa shape index (κ3) is 3.35. The molecule has 146 valence electrons. The highest BCUT2D eigenvalue weighted by Gasteiger charge is 2.28. The second kappa shape index (κ2) is 6.94. The van der Waals surface area contributed by atoms with Gasteiger partial charge in [0.1, 0.15) is 0 Å². The van der Waals surface area contributed by atoms with E-state index in [1.165, 1.54) is 11.8 Å². The molecule has 3 heterocycles. The number of sulfonamides is 1. The predicted octanol–water partition coefficient (Wildman–Crippen LogP) is 2.67. The van der Waals surface area contributed by atoms with Gasteiger partial charge in [-0.05, 0) is 37.0 Å². The van der Waals surface area contributed by atoms with Gasteiger partial charge in [-0.3, -0.25) is 4.79 Å². The van der Waals surface area contributed by atoms with E-state index in [2.05, 4.69) is 22.1 Å². The van der Waals surface area contributed by atoms with E-state index in [-0.39, 0.29) is 11.6 Å². The molecule has 1 saturated heterocycles. The molecule has 1 aliphatic heterocycles. The minimum absolute atomic E-state index is 0.250. The lowest BCUT2D eigenvalue weighted by Crippen LogP contribution is -2.29. The first-order chi connectivity index (χ1) is 13.3. The van der Waals surface area contributed by atoms with Crippen molar-refractivity contribution in [3.05, 3.63) is 65.5 Å². The van der Waals surface area contributed by atoms with Gasteiger partial charge in [0.05, 0.1) is 29.6 Å². The molecule has 1 unspecified atom stereocenters. The summed E-state index contributed by atoms with van der Waals surface area (Å²) in [5.41, 5.74) is 4.08. The van der Waals surface area contributed by atoms with Crippen molar-refractivity contribution in [2.45, 2.75) is 25.8 Å². The van der Waals surface area contributed by atoms with Crippen molar-refractivity contribution in [3.8, 4) is 0 Å². The van der Waals surface area contributed by atoms with Gasteiger partial charge in [0.15, 0.2) is 0 Å². The van der Waals surface area contributed by atoms with Gasteiger partial charge in [-0.15, -0.1) is 0 Å². The van der Waals surface area contributed by atoms with Crippen LogP contribution in [0.4, 0.5) is 5.69 Å². The first-order valence-corrected chi connectivity index (χ1v) is 11.0. The summed E-state index contributed by atoms with van der Waals surface area (Å²) >= 11 is 0. The molecule has 1 atom stereocenters. The molecule has 0 saturated carbocycles. The SMILES string of the molecule is Cc1c(N2CCCC2c2ccccc2)ccn2ncc(C(=O)NS(C)(=O)=O)c12. The summed E-state index contributed by atoms with van der Waals surface area (Å²) in [6.07, 6.45) is 6.34. The van der Waals surface area contributed by atoms with Crippen LogP contribution >= 0.6 is 0 Å². The summed E-state index contributed by atoms with van der Waals surface area (Å²) < 4.78 is 26.6. The zero-order valence-electron chi connectivity index (χ0n) is 15.8. The fraction of sp³-hybridized carbons (Fsp3) is 0.300. The number of hydrogen-bond acceptors (Lipinski definition) is 5. The number of nitrogens with zero attached hydrogens (tertiary/aromatic N) is 3. The molecule has 4 rings (SSSR count). The van der Waals surface area contributed by atoms with Crippen molar-refractivity contribution in [1.29, 1.82) is 0 Å². The summed E-state index contributed by atoms with van der Waals surface area (Å²) in [5.74, 6) is -0.668. The van der Waals surface area contributed by atoms with Crippen molar-refractivity contribution in [1.82, 2.24) is 14.3 Å².